The summed E-state index contributed by atoms with van der Waals surface area (Å²) < 4.78 is 1.81. The quantitative estimate of drug-likeness (QED) is 0.914. The monoisotopic (exact) mass is 278 g/mol. The van der Waals surface area contributed by atoms with E-state index in [9.17, 15) is 0 Å². The van der Waals surface area contributed by atoms with Gasteiger partial charge in [0.05, 0.1) is 0 Å². The molecule has 0 aliphatic heterocycles. The highest BCUT2D eigenvalue weighted by atomic mass is 35.5. The molecule has 19 heavy (non-hydrogen) atoms. The van der Waals surface area contributed by atoms with E-state index in [1.807, 2.05) is 23.9 Å². The van der Waals surface area contributed by atoms with E-state index in [1.54, 1.807) is 6.33 Å². The Hall–Kier alpha value is -1.39. The standard InChI is InChI=1S/C14H19ClN4/c1-4-16-13(8-14-17-9-18-19(14)3)11-6-5-7-12(15)10(11)2/h5-7,9,13,16H,4,8H2,1-3H3. The molecule has 1 aromatic carbocycles. The maximum atomic E-state index is 6.21. The maximum Gasteiger partial charge on any atom is 0.138 e. The molecule has 1 unspecified atom stereocenters. The number of benzene rings is 1. The zero-order chi connectivity index (χ0) is 13.8. The molecule has 2 rings (SSSR count). The highest BCUT2D eigenvalue weighted by molar-refractivity contribution is 6.31. The van der Waals surface area contributed by atoms with Crippen LogP contribution < -0.4 is 5.32 Å². The maximum absolute atomic E-state index is 6.21. The van der Waals surface area contributed by atoms with Gasteiger partial charge in [0.1, 0.15) is 12.2 Å². The van der Waals surface area contributed by atoms with Crippen molar-refractivity contribution in [3.8, 4) is 0 Å². The number of likely N-dealkylation sites (N-methyl/N-ethyl adjacent to an activating group) is 1. The van der Waals surface area contributed by atoms with Gasteiger partial charge in [0.2, 0.25) is 0 Å². The second kappa shape index (κ2) is 6.17. The van der Waals surface area contributed by atoms with Crippen LogP contribution in [0.5, 0.6) is 0 Å². The minimum absolute atomic E-state index is 0.201. The molecule has 102 valence electrons. The SMILES string of the molecule is CCNC(Cc1ncnn1C)c1cccc(Cl)c1C. The van der Waals surface area contributed by atoms with Gasteiger partial charge in [-0.3, -0.25) is 4.68 Å². The Labute approximate surface area is 118 Å². The normalized spacial score (nSPS) is 12.6. The molecule has 1 atom stereocenters. The van der Waals surface area contributed by atoms with Crippen LogP contribution in [0, 0.1) is 6.92 Å². The second-order valence-electron chi connectivity index (χ2n) is 4.57. The van der Waals surface area contributed by atoms with E-state index in [0.717, 1.165) is 29.4 Å². The molecule has 0 saturated carbocycles. The van der Waals surface area contributed by atoms with Crippen LogP contribution in [0.25, 0.3) is 0 Å². The lowest BCUT2D eigenvalue weighted by molar-refractivity contribution is 0.520. The van der Waals surface area contributed by atoms with E-state index in [4.69, 9.17) is 11.6 Å². The number of aromatic nitrogens is 3. The summed E-state index contributed by atoms with van der Waals surface area (Å²) in [5.41, 5.74) is 2.34. The Bertz CT molecular complexity index is 550. The van der Waals surface area contributed by atoms with Gasteiger partial charge in [-0.15, -0.1) is 0 Å². The van der Waals surface area contributed by atoms with E-state index in [-0.39, 0.29) is 6.04 Å². The number of nitrogens with zero attached hydrogens (tertiary/aromatic N) is 3. The lowest BCUT2D eigenvalue weighted by atomic mass is 9.98. The molecule has 5 heteroatoms. The fourth-order valence-corrected chi connectivity index (χ4v) is 2.41. The summed E-state index contributed by atoms with van der Waals surface area (Å²) in [4.78, 5) is 4.29. The van der Waals surface area contributed by atoms with Crippen molar-refractivity contribution in [2.75, 3.05) is 6.54 Å². The molecule has 2 aromatic rings. The minimum atomic E-state index is 0.201. The highest BCUT2D eigenvalue weighted by Gasteiger charge is 2.17. The molecule has 4 nitrogen and oxygen atoms in total. The van der Waals surface area contributed by atoms with Crippen LogP contribution in [0.1, 0.15) is 29.9 Å². The van der Waals surface area contributed by atoms with Crippen molar-refractivity contribution in [1.29, 1.82) is 0 Å². The third-order valence-electron chi connectivity index (χ3n) is 3.33. The van der Waals surface area contributed by atoms with Crippen molar-refractivity contribution in [2.45, 2.75) is 26.3 Å². The van der Waals surface area contributed by atoms with Crippen LogP contribution in [-0.4, -0.2) is 21.3 Å². The smallest absolute Gasteiger partial charge is 0.138 e. The number of nitrogens with one attached hydrogen (secondary N) is 1. The van der Waals surface area contributed by atoms with Crippen LogP contribution in [0.4, 0.5) is 0 Å². The van der Waals surface area contributed by atoms with E-state index in [0.29, 0.717) is 0 Å². The van der Waals surface area contributed by atoms with Gasteiger partial charge in [-0.05, 0) is 30.7 Å². The highest BCUT2D eigenvalue weighted by Crippen LogP contribution is 2.26. The molecule has 1 N–H and O–H groups in total. The first-order valence-corrected chi connectivity index (χ1v) is 6.82. The number of hydrogen-bond donors (Lipinski definition) is 1. The third-order valence-corrected chi connectivity index (χ3v) is 3.74. The van der Waals surface area contributed by atoms with Crippen LogP contribution >= 0.6 is 11.6 Å². The van der Waals surface area contributed by atoms with Crippen LogP contribution in [0.2, 0.25) is 5.02 Å². The molecule has 1 heterocycles. The van der Waals surface area contributed by atoms with Gasteiger partial charge in [-0.2, -0.15) is 5.10 Å². The van der Waals surface area contributed by atoms with E-state index in [2.05, 4.69) is 35.3 Å². The summed E-state index contributed by atoms with van der Waals surface area (Å²) in [6, 6.07) is 6.23. The van der Waals surface area contributed by atoms with Gasteiger partial charge >= 0.3 is 0 Å². The summed E-state index contributed by atoms with van der Waals surface area (Å²) in [6.45, 7) is 5.05. The molecule has 0 spiro atoms. The predicted octanol–water partition coefficient (Wildman–Crippen LogP) is 2.67. The molecule has 0 aliphatic rings. The molecule has 0 saturated heterocycles. The van der Waals surface area contributed by atoms with Gasteiger partial charge in [0.25, 0.3) is 0 Å². The van der Waals surface area contributed by atoms with Gasteiger partial charge in [-0.1, -0.05) is 30.7 Å². The summed E-state index contributed by atoms with van der Waals surface area (Å²) in [6.07, 6.45) is 2.38. The van der Waals surface area contributed by atoms with E-state index < -0.39 is 0 Å². The van der Waals surface area contributed by atoms with Gasteiger partial charge < -0.3 is 5.32 Å². The van der Waals surface area contributed by atoms with Crippen molar-refractivity contribution in [2.24, 2.45) is 7.05 Å². The second-order valence-corrected chi connectivity index (χ2v) is 4.98. The van der Waals surface area contributed by atoms with Crippen molar-refractivity contribution in [3.05, 3.63) is 46.5 Å². The zero-order valence-electron chi connectivity index (χ0n) is 11.5. The number of hydrogen-bond acceptors (Lipinski definition) is 3. The number of aryl methyl sites for hydroxylation is 1. The fourth-order valence-electron chi connectivity index (χ4n) is 2.23. The average Bonchev–Trinajstić information content (AvgIpc) is 2.78. The Balaban J connectivity index is 2.29. The predicted molar refractivity (Wildman–Crippen MR) is 77.3 cm³/mol. The summed E-state index contributed by atoms with van der Waals surface area (Å²) >= 11 is 6.21. The summed E-state index contributed by atoms with van der Waals surface area (Å²) in [5.74, 6) is 0.963. The average molecular weight is 279 g/mol. The van der Waals surface area contributed by atoms with Crippen LogP contribution in [0.3, 0.4) is 0 Å². The molecular formula is C14H19ClN4. The Morgan fingerprint density at radius 2 is 2.21 bits per heavy atom. The molecule has 0 amide bonds. The molecule has 0 aliphatic carbocycles. The summed E-state index contributed by atoms with van der Waals surface area (Å²) in [7, 11) is 1.91. The van der Waals surface area contributed by atoms with Gasteiger partial charge in [0, 0.05) is 24.5 Å². The summed E-state index contributed by atoms with van der Waals surface area (Å²) in [5, 5.41) is 8.41. The lowest BCUT2D eigenvalue weighted by Gasteiger charge is -2.20. The third kappa shape index (κ3) is 3.14. The molecular weight excluding hydrogens is 260 g/mol. The molecule has 1 aromatic heterocycles. The minimum Gasteiger partial charge on any atom is -0.310 e. The van der Waals surface area contributed by atoms with Gasteiger partial charge in [-0.25, -0.2) is 4.98 Å². The Kier molecular flexibility index (Phi) is 4.56. The van der Waals surface area contributed by atoms with Crippen molar-refractivity contribution in [3.63, 3.8) is 0 Å². The van der Waals surface area contributed by atoms with Crippen molar-refractivity contribution < 1.29 is 0 Å². The van der Waals surface area contributed by atoms with Gasteiger partial charge in [0.15, 0.2) is 0 Å². The fraction of sp³-hybridized carbons (Fsp3) is 0.429. The van der Waals surface area contributed by atoms with Crippen molar-refractivity contribution >= 4 is 11.6 Å². The Morgan fingerprint density at radius 1 is 1.42 bits per heavy atom. The van der Waals surface area contributed by atoms with E-state index in [1.165, 1.54) is 5.56 Å². The van der Waals surface area contributed by atoms with Crippen LogP contribution in [-0.2, 0) is 13.5 Å². The number of halogens is 1. The lowest BCUT2D eigenvalue weighted by Crippen LogP contribution is -2.25. The Morgan fingerprint density at radius 3 is 2.84 bits per heavy atom. The first-order chi connectivity index (χ1) is 9.13. The zero-order valence-corrected chi connectivity index (χ0v) is 12.3. The van der Waals surface area contributed by atoms with Crippen molar-refractivity contribution in [1.82, 2.24) is 20.1 Å². The largest absolute Gasteiger partial charge is 0.310 e. The first-order valence-electron chi connectivity index (χ1n) is 6.44. The first kappa shape index (κ1) is 14.0. The molecule has 0 fully saturated rings. The van der Waals surface area contributed by atoms with E-state index >= 15 is 0 Å². The van der Waals surface area contributed by atoms with Crippen LogP contribution in [0.15, 0.2) is 24.5 Å². The number of rotatable bonds is 5. The molecule has 0 radical (unpaired) electrons. The topological polar surface area (TPSA) is 42.7 Å². The molecule has 0 bridgehead atoms.